The number of fused-ring (bicyclic) bond motifs is 1. The first-order chi connectivity index (χ1) is 14.9. The smallest absolute Gasteiger partial charge is 0.272 e. The summed E-state index contributed by atoms with van der Waals surface area (Å²) in [6.07, 6.45) is 4.63. The van der Waals surface area contributed by atoms with Gasteiger partial charge in [0.2, 0.25) is 5.91 Å². The fourth-order valence-corrected chi connectivity index (χ4v) is 4.48. The minimum Gasteiger partial charge on any atom is -0.332 e. The van der Waals surface area contributed by atoms with Crippen LogP contribution in [0.1, 0.15) is 73.6 Å². The van der Waals surface area contributed by atoms with Gasteiger partial charge < -0.3 is 14.8 Å². The van der Waals surface area contributed by atoms with E-state index in [9.17, 15) is 14.4 Å². The zero-order valence-electron chi connectivity index (χ0n) is 18.4. The summed E-state index contributed by atoms with van der Waals surface area (Å²) >= 11 is 0. The summed E-state index contributed by atoms with van der Waals surface area (Å²) in [6, 6.07) is 1.52. The highest BCUT2D eigenvalue weighted by molar-refractivity contribution is 5.92. The van der Waals surface area contributed by atoms with Crippen molar-refractivity contribution in [3.8, 4) is 0 Å². The molecule has 1 N–H and O–H groups in total. The van der Waals surface area contributed by atoms with Crippen LogP contribution in [-0.4, -0.2) is 54.5 Å². The average molecular weight is 427 g/mol. The highest BCUT2D eigenvalue weighted by atomic mass is 16.2. The number of amides is 2. The van der Waals surface area contributed by atoms with E-state index in [0.29, 0.717) is 43.1 Å². The van der Waals surface area contributed by atoms with Crippen LogP contribution in [0.3, 0.4) is 0 Å². The third kappa shape index (κ3) is 3.88. The lowest BCUT2D eigenvalue weighted by Crippen LogP contribution is -2.41. The molecule has 2 amide bonds. The van der Waals surface area contributed by atoms with Crippen LogP contribution in [0.2, 0.25) is 0 Å². The van der Waals surface area contributed by atoms with Crippen molar-refractivity contribution >= 4 is 11.8 Å². The van der Waals surface area contributed by atoms with E-state index in [-0.39, 0.29) is 35.9 Å². The molecule has 9 nitrogen and oxygen atoms in total. The number of hydrogen-bond donors (Lipinski definition) is 1. The van der Waals surface area contributed by atoms with Crippen LogP contribution in [0.15, 0.2) is 17.1 Å². The maximum atomic E-state index is 12.9. The Kier molecular flexibility index (Phi) is 5.93. The number of carbonyl (C=O) groups is 2. The van der Waals surface area contributed by atoms with Gasteiger partial charge >= 0.3 is 0 Å². The van der Waals surface area contributed by atoms with Gasteiger partial charge in [0.1, 0.15) is 11.5 Å². The number of carbonyl (C=O) groups excluding carboxylic acids is 2. The third-order valence-electron chi connectivity index (χ3n) is 6.49. The Balaban J connectivity index is 1.57. The number of hydrogen-bond acceptors (Lipinski definition) is 5. The second kappa shape index (κ2) is 8.64. The number of likely N-dealkylation sites (tertiary alicyclic amines) is 1. The standard InChI is InChI=1S/C22H30N6O3/c1-4-14(3)21(30)27-11-6-7-17(27)19-24-16-9-12-26(13-15(16)20(29)25-19)22(31)18-8-10-23-28(18)5-2/h8,10,14,17H,4-7,9,11-13H2,1-3H3,(H,24,25,29)/t14-,17-/m1/s1. The van der Waals surface area contributed by atoms with Crippen molar-refractivity contribution in [2.24, 2.45) is 5.92 Å². The summed E-state index contributed by atoms with van der Waals surface area (Å²) in [7, 11) is 0. The summed E-state index contributed by atoms with van der Waals surface area (Å²) in [5.41, 5.74) is 1.57. The van der Waals surface area contributed by atoms with E-state index >= 15 is 0 Å². The van der Waals surface area contributed by atoms with Gasteiger partial charge in [-0.15, -0.1) is 0 Å². The topological polar surface area (TPSA) is 104 Å². The molecule has 166 valence electrons. The van der Waals surface area contributed by atoms with Crippen molar-refractivity contribution in [3.05, 3.63) is 45.4 Å². The maximum Gasteiger partial charge on any atom is 0.272 e. The van der Waals surface area contributed by atoms with Gasteiger partial charge in [0, 0.05) is 38.2 Å². The molecule has 31 heavy (non-hydrogen) atoms. The summed E-state index contributed by atoms with van der Waals surface area (Å²) < 4.78 is 1.66. The van der Waals surface area contributed by atoms with E-state index in [2.05, 4.69) is 10.1 Å². The van der Waals surface area contributed by atoms with Crippen LogP contribution < -0.4 is 5.56 Å². The molecule has 2 atom stereocenters. The van der Waals surface area contributed by atoms with Crippen LogP contribution in [0.5, 0.6) is 0 Å². The molecule has 2 aromatic heterocycles. The molecule has 4 rings (SSSR count). The Labute approximate surface area is 181 Å². The molecule has 0 saturated carbocycles. The SMILES string of the molecule is CC[C@@H](C)C(=O)N1CCC[C@@H]1c1nc2c(c(=O)[nH]1)CN(C(=O)c1ccnn1CC)CC2. The van der Waals surface area contributed by atoms with Crippen LogP contribution in [-0.2, 0) is 24.3 Å². The number of H-pyrrole nitrogens is 1. The predicted molar refractivity (Wildman–Crippen MR) is 114 cm³/mol. The molecule has 0 unspecified atom stereocenters. The van der Waals surface area contributed by atoms with Crippen molar-refractivity contribution in [3.63, 3.8) is 0 Å². The monoisotopic (exact) mass is 426 g/mol. The number of nitrogens with zero attached hydrogens (tertiary/aromatic N) is 5. The molecular weight excluding hydrogens is 396 g/mol. The van der Waals surface area contributed by atoms with Gasteiger partial charge in [-0.05, 0) is 32.3 Å². The lowest BCUT2D eigenvalue weighted by atomic mass is 10.0. The number of aryl methyl sites for hydroxylation is 1. The van der Waals surface area contributed by atoms with E-state index in [1.165, 1.54) is 0 Å². The van der Waals surface area contributed by atoms with Crippen LogP contribution in [0, 0.1) is 5.92 Å². The fourth-order valence-electron chi connectivity index (χ4n) is 4.48. The summed E-state index contributed by atoms with van der Waals surface area (Å²) in [5.74, 6) is 0.520. The second-order valence-corrected chi connectivity index (χ2v) is 8.38. The lowest BCUT2D eigenvalue weighted by Gasteiger charge is -2.30. The molecule has 0 radical (unpaired) electrons. The number of aromatic amines is 1. The Morgan fingerprint density at radius 2 is 2.10 bits per heavy atom. The van der Waals surface area contributed by atoms with Crippen LogP contribution in [0.4, 0.5) is 0 Å². The maximum absolute atomic E-state index is 12.9. The van der Waals surface area contributed by atoms with Gasteiger partial charge in [-0.3, -0.25) is 19.1 Å². The Bertz CT molecular complexity index is 1040. The van der Waals surface area contributed by atoms with Crippen molar-refractivity contribution in [1.29, 1.82) is 0 Å². The van der Waals surface area contributed by atoms with Gasteiger partial charge in [-0.2, -0.15) is 5.10 Å². The summed E-state index contributed by atoms with van der Waals surface area (Å²) in [6.45, 7) is 7.91. The highest BCUT2D eigenvalue weighted by Crippen LogP contribution is 2.32. The quantitative estimate of drug-likeness (QED) is 0.786. The van der Waals surface area contributed by atoms with E-state index in [4.69, 9.17) is 4.98 Å². The molecule has 0 aromatic carbocycles. The van der Waals surface area contributed by atoms with Crippen molar-refractivity contribution in [2.45, 2.75) is 65.6 Å². The van der Waals surface area contributed by atoms with Gasteiger partial charge in [0.25, 0.3) is 11.5 Å². The van der Waals surface area contributed by atoms with Crippen molar-refractivity contribution in [2.75, 3.05) is 13.1 Å². The van der Waals surface area contributed by atoms with Crippen LogP contribution >= 0.6 is 0 Å². The van der Waals surface area contributed by atoms with E-state index in [0.717, 1.165) is 25.0 Å². The van der Waals surface area contributed by atoms with Gasteiger partial charge in [-0.25, -0.2) is 4.98 Å². The zero-order chi connectivity index (χ0) is 22.1. The molecule has 2 aliphatic heterocycles. The molecule has 0 bridgehead atoms. The van der Waals surface area contributed by atoms with Crippen molar-refractivity contribution in [1.82, 2.24) is 29.5 Å². The molecule has 1 fully saturated rings. The average Bonchev–Trinajstić information content (AvgIpc) is 3.46. The predicted octanol–water partition coefficient (Wildman–Crippen LogP) is 1.89. The highest BCUT2D eigenvalue weighted by Gasteiger charge is 2.35. The number of nitrogens with one attached hydrogen (secondary N) is 1. The van der Waals surface area contributed by atoms with Gasteiger partial charge in [0.05, 0.1) is 23.8 Å². The Hall–Kier alpha value is -2.97. The lowest BCUT2D eigenvalue weighted by molar-refractivity contribution is -0.136. The summed E-state index contributed by atoms with van der Waals surface area (Å²) in [5, 5.41) is 4.16. The fraction of sp³-hybridized carbons (Fsp3) is 0.591. The zero-order valence-corrected chi connectivity index (χ0v) is 18.4. The minimum atomic E-state index is -0.218. The Morgan fingerprint density at radius 1 is 1.29 bits per heavy atom. The molecular formula is C22H30N6O3. The first-order valence-corrected chi connectivity index (χ1v) is 11.2. The molecule has 9 heteroatoms. The van der Waals surface area contributed by atoms with Crippen molar-refractivity contribution < 1.29 is 9.59 Å². The first-order valence-electron chi connectivity index (χ1n) is 11.2. The third-order valence-corrected chi connectivity index (χ3v) is 6.49. The van der Waals surface area contributed by atoms with E-state index in [1.54, 1.807) is 21.8 Å². The molecule has 1 saturated heterocycles. The van der Waals surface area contributed by atoms with Gasteiger partial charge in [-0.1, -0.05) is 13.8 Å². The Morgan fingerprint density at radius 3 is 2.84 bits per heavy atom. The van der Waals surface area contributed by atoms with E-state index in [1.807, 2.05) is 25.7 Å². The van der Waals surface area contributed by atoms with E-state index < -0.39 is 0 Å². The minimum absolute atomic E-state index is 0.0407. The summed E-state index contributed by atoms with van der Waals surface area (Å²) in [4.78, 5) is 49.9. The number of aromatic nitrogens is 4. The molecule has 4 heterocycles. The van der Waals surface area contributed by atoms with Gasteiger partial charge in [0.15, 0.2) is 0 Å². The van der Waals surface area contributed by atoms with Crippen LogP contribution in [0.25, 0.3) is 0 Å². The second-order valence-electron chi connectivity index (χ2n) is 8.38. The molecule has 2 aliphatic rings. The largest absolute Gasteiger partial charge is 0.332 e. The number of rotatable bonds is 5. The molecule has 2 aromatic rings. The first kappa shape index (κ1) is 21.3. The molecule has 0 aliphatic carbocycles. The molecule has 0 spiro atoms. The normalized spacial score (nSPS) is 19.4.